The molecule has 2 aromatic heterocycles. The second-order valence-electron chi connectivity index (χ2n) is 3.40. The van der Waals surface area contributed by atoms with Crippen LogP contribution in [0.25, 0.3) is 0 Å². The van der Waals surface area contributed by atoms with Crippen LogP contribution in [-0.4, -0.2) is 26.1 Å². The molecule has 0 unspecified atom stereocenters. The van der Waals surface area contributed by atoms with Crippen LogP contribution in [0.4, 0.5) is 5.82 Å². The molecule has 2 aromatic rings. The van der Waals surface area contributed by atoms with E-state index in [0.29, 0.717) is 0 Å². The van der Waals surface area contributed by atoms with Crippen molar-refractivity contribution in [2.24, 2.45) is 0 Å². The molecule has 0 saturated heterocycles. The summed E-state index contributed by atoms with van der Waals surface area (Å²) in [4.78, 5) is 12.0. The van der Waals surface area contributed by atoms with Crippen molar-refractivity contribution in [2.45, 2.75) is 13.5 Å². The van der Waals surface area contributed by atoms with Crippen LogP contribution >= 0.6 is 11.6 Å². The van der Waals surface area contributed by atoms with Gasteiger partial charge in [0, 0.05) is 37.2 Å². The van der Waals surface area contributed by atoms with Gasteiger partial charge in [-0.2, -0.15) is 0 Å². The first-order valence-corrected chi connectivity index (χ1v) is 5.32. The fourth-order valence-corrected chi connectivity index (χ4v) is 1.46. The van der Waals surface area contributed by atoms with Crippen molar-refractivity contribution in [3.8, 4) is 0 Å². The molecular weight excluding hydrogens is 226 g/mol. The number of hydrogen-bond donors (Lipinski definition) is 1. The molecule has 0 fully saturated rings. The lowest BCUT2D eigenvalue weighted by molar-refractivity contribution is 0.724. The van der Waals surface area contributed by atoms with E-state index in [-0.39, 0.29) is 5.28 Å². The molecule has 2 heterocycles. The molecule has 0 bridgehead atoms. The summed E-state index contributed by atoms with van der Waals surface area (Å²) < 4.78 is 1.99. The van der Waals surface area contributed by atoms with Crippen molar-refractivity contribution in [3.63, 3.8) is 0 Å². The summed E-state index contributed by atoms with van der Waals surface area (Å²) in [7, 11) is 0. The van der Waals surface area contributed by atoms with Crippen LogP contribution in [-0.2, 0) is 6.54 Å². The van der Waals surface area contributed by atoms with E-state index in [1.807, 2.05) is 17.7 Å². The smallest absolute Gasteiger partial charge is 0.224 e. The predicted molar refractivity (Wildman–Crippen MR) is 62.5 cm³/mol. The average molecular weight is 238 g/mol. The van der Waals surface area contributed by atoms with Crippen molar-refractivity contribution in [1.29, 1.82) is 0 Å². The third-order valence-corrected chi connectivity index (χ3v) is 2.35. The highest BCUT2D eigenvalue weighted by atomic mass is 35.5. The summed E-state index contributed by atoms with van der Waals surface area (Å²) in [5.74, 6) is 0.778. The van der Waals surface area contributed by atoms with Gasteiger partial charge in [0.25, 0.3) is 0 Å². The minimum Gasteiger partial charge on any atom is -0.368 e. The highest BCUT2D eigenvalue weighted by molar-refractivity contribution is 6.28. The molecule has 0 saturated carbocycles. The van der Waals surface area contributed by atoms with Crippen LogP contribution in [0.15, 0.2) is 24.9 Å². The Bertz CT molecular complexity index is 454. The molecule has 0 aromatic carbocycles. The molecule has 0 amide bonds. The monoisotopic (exact) mass is 237 g/mol. The molecule has 2 rings (SSSR count). The second-order valence-corrected chi connectivity index (χ2v) is 3.74. The van der Waals surface area contributed by atoms with Gasteiger partial charge in [-0.15, -0.1) is 0 Å². The number of nitrogens with one attached hydrogen (secondary N) is 1. The number of hydrogen-bond acceptors (Lipinski definition) is 4. The number of halogens is 1. The zero-order chi connectivity index (χ0) is 11.4. The van der Waals surface area contributed by atoms with Crippen LogP contribution < -0.4 is 5.32 Å². The molecule has 0 spiro atoms. The van der Waals surface area contributed by atoms with Crippen molar-refractivity contribution in [2.75, 3.05) is 11.9 Å². The van der Waals surface area contributed by atoms with Crippen LogP contribution in [0, 0.1) is 6.92 Å². The Hall–Kier alpha value is -1.62. The third kappa shape index (κ3) is 2.70. The number of nitrogens with zero attached hydrogens (tertiary/aromatic N) is 4. The van der Waals surface area contributed by atoms with Gasteiger partial charge < -0.3 is 9.88 Å². The van der Waals surface area contributed by atoms with Crippen LogP contribution in [0.3, 0.4) is 0 Å². The Balaban J connectivity index is 1.92. The minimum absolute atomic E-state index is 0.260. The van der Waals surface area contributed by atoms with Crippen molar-refractivity contribution in [3.05, 3.63) is 35.8 Å². The van der Waals surface area contributed by atoms with E-state index in [2.05, 4.69) is 20.3 Å². The largest absolute Gasteiger partial charge is 0.368 e. The Kier molecular flexibility index (Phi) is 3.36. The van der Waals surface area contributed by atoms with Gasteiger partial charge in [-0.25, -0.2) is 15.0 Å². The van der Waals surface area contributed by atoms with Gasteiger partial charge in [-0.3, -0.25) is 0 Å². The predicted octanol–water partition coefficient (Wildman–Crippen LogP) is 1.75. The summed E-state index contributed by atoms with van der Waals surface area (Å²) in [5, 5.41) is 3.47. The van der Waals surface area contributed by atoms with Crippen molar-refractivity contribution in [1.82, 2.24) is 19.5 Å². The average Bonchev–Trinajstić information content (AvgIpc) is 2.76. The van der Waals surface area contributed by atoms with Crippen molar-refractivity contribution < 1.29 is 0 Å². The van der Waals surface area contributed by atoms with Gasteiger partial charge in [-0.05, 0) is 18.5 Å². The first-order valence-electron chi connectivity index (χ1n) is 4.94. The summed E-state index contributed by atoms with van der Waals surface area (Å²) in [6.45, 7) is 3.54. The summed E-state index contributed by atoms with van der Waals surface area (Å²) in [6.07, 6.45) is 7.16. The van der Waals surface area contributed by atoms with Crippen LogP contribution in [0.1, 0.15) is 5.56 Å². The van der Waals surface area contributed by atoms with E-state index in [0.717, 1.165) is 24.5 Å². The minimum atomic E-state index is 0.260. The van der Waals surface area contributed by atoms with E-state index in [1.165, 1.54) is 0 Å². The maximum atomic E-state index is 5.72. The fraction of sp³-hybridized carbons (Fsp3) is 0.300. The molecule has 0 aliphatic rings. The number of rotatable bonds is 4. The van der Waals surface area contributed by atoms with Gasteiger partial charge in [0.15, 0.2) is 0 Å². The quantitative estimate of drug-likeness (QED) is 0.824. The first kappa shape index (κ1) is 10.9. The zero-order valence-electron chi connectivity index (χ0n) is 8.89. The topological polar surface area (TPSA) is 55.6 Å². The normalized spacial score (nSPS) is 10.4. The number of anilines is 1. The van der Waals surface area contributed by atoms with Gasteiger partial charge in [0.05, 0.1) is 6.33 Å². The first-order chi connectivity index (χ1) is 7.75. The lowest BCUT2D eigenvalue weighted by atomic mass is 10.3. The molecule has 1 N–H and O–H groups in total. The van der Waals surface area contributed by atoms with E-state index >= 15 is 0 Å². The van der Waals surface area contributed by atoms with Crippen molar-refractivity contribution >= 4 is 17.4 Å². The van der Waals surface area contributed by atoms with E-state index in [9.17, 15) is 0 Å². The Morgan fingerprint density at radius 2 is 2.38 bits per heavy atom. The maximum absolute atomic E-state index is 5.72. The van der Waals surface area contributed by atoms with E-state index in [1.54, 1.807) is 18.7 Å². The Morgan fingerprint density at radius 3 is 3.12 bits per heavy atom. The lowest BCUT2D eigenvalue weighted by Gasteiger charge is -2.08. The number of aromatic nitrogens is 4. The van der Waals surface area contributed by atoms with E-state index in [4.69, 9.17) is 11.6 Å². The number of aryl methyl sites for hydroxylation is 1. The molecule has 0 atom stereocenters. The summed E-state index contributed by atoms with van der Waals surface area (Å²) in [5.41, 5.74) is 0.982. The highest BCUT2D eigenvalue weighted by Gasteiger charge is 2.01. The third-order valence-electron chi connectivity index (χ3n) is 2.16. The molecule has 0 radical (unpaired) electrons. The highest BCUT2D eigenvalue weighted by Crippen LogP contribution is 2.11. The summed E-state index contributed by atoms with van der Waals surface area (Å²) in [6, 6.07) is 0. The van der Waals surface area contributed by atoms with Crippen LogP contribution in [0.2, 0.25) is 5.28 Å². The number of imidazole rings is 1. The molecular formula is C10H12ClN5. The molecule has 84 valence electrons. The molecule has 6 heteroatoms. The van der Waals surface area contributed by atoms with Gasteiger partial charge in [-0.1, -0.05) is 0 Å². The Labute approximate surface area is 98.5 Å². The molecule has 0 aliphatic heterocycles. The molecule has 0 aliphatic carbocycles. The second kappa shape index (κ2) is 4.94. The maximum Gasteiger partial charge on any atom is 0.224 e. The van der Waals surface area contributed by atoms with Gasteiger partial charge in [0.2, 0.25) is 5.28 Å². The molecule has 5 nitrogen and oxygen atoms in total. The standard InChI is InChI=1S/C10H12ClN5/c1-8-6-14-10(11)15-9(8)13-3-5-16-4-2-12-7-16/h2,4,6-7H,3,5H2,1H3,(H,13,14,15). The van der Waals surface area contributed by atoms with Gasteiger partial charge >= 0.3 is 0 Å². The van der Waals surface area contributed by atoms with E-state index < -0.39 is 0 Å². The summed E-state index contributed by atoms with van der Waals surface area (Å²) >= 11 is 5.72. The Morgan fingerprint density at radius 1 is 1.50 bits per heavy atom. The lowest BCUT2D eigenvalue weighted by Crippen LogP contribution is -2.11. The zero-order valence-corrected chi connectivity index (χ0v) is 9.65. The molecule has 16 heavy (non-hydrogen) atoms. The van der Waals surface area contributed by atoms with Crippen LogP contribution in [0.5, 0.6) is 0 Å². The fourth-order valence-electron chi connectivity index (χ4n) is 1.32. The SMILES string of the molecule is Cc1cnc(Cl)nc1NCCn1ccnc1. The van der Waals surface area contributed by atoms with Gasteiger partial charge in [0.1, 0.15) is 5.82 Å².